The minimum Gasteiger partial charge on any atom is -0.483 e. The Morgan fingerprint density at radius 2 is 1.93 bits per heavy atom. The van der Waals surface area contributed by atoms with Crippen molar-refractivity contribution in [3.8, 4) is 5.75 Å². The molecule has 0 bridgehead atoms. The summed E-state index contributed by atoms with van der Waals surface area (Å²) in [6.45, 7) is 2.13. The van der Waals surface area contributed by atoms with Crippen molar-refractivity contribution in [1.82, 2.24) is 4.98 Å². The summed E-state index contributed by atoms with van der Waals surface area (Å²) in [5.74, 6) is -2.19. The van der Waals surface area contributed by atoms with Gasteiger partial charge in [-0.2, -0.15) is 5.10 Å². The zero-order valence-electron chi connectivity index (χ0n) is 16.1. The second-order valence-corrected chi connectivity index (χ2v) is 6.93. The number of benzene rings is 2. The summed E-state index contributed by atoms with van der Waals surface area (Å²) in [5.41, 5.74) is 4.99. The van der Waals surface area contributed by atoms with E-state index in [2.05, 4.69) is 15.5 Å². The summed E-state index contributed by atoms with van der Waals surface area (Å²) < 4.78 is 37.3. The van der Waals surface area contributed by atoms with Crippen LogP contribution < -0.4 is 10.2 Å². The van der Waals surface area contributed by atoms with Gasteiger partial charge in [-0.25, -0.2) is 13.8 Å². The van der Waals surface area contributed by atoms with Gasteiger partial charge in [0.05, 0.1) is 24.9 Å². The van der Waals surface area contributed by atoms with Gasteiger partial charge < -0.3 is 9.47 Å². The van der Waals surface area contributed by atoms with Crippen LogP contribution >= 0.6 is 11.3 Å². The lowest BCUT2D eigenvalue weighted by atomic mass is 10.1. The van der Waals surface area contributed by atoms with E-state index in [-0.39, 0.29) is 19.0 Å². The second kappa shape index (κ2) is 10.4. The molecule has 1 heterocycles. The van der Waals surface area contributed by atoms with Crippen molar-refractivity contribution in [3.63, 3.8) is 0 Å². The number of rotatable bonds is 9. The standard InChI is InChI=1S/C21H19F2N3O3S/c1-2-28-19(27)10-16-13-30-21(25-16)26-24-11-14-6-8-15(9-7-14)12-29-20-17(22)4-3-5-18(20)23/h3-9,11,13H,2,10,12H2,1H3,(H,25,26). The van der Waals surface area contributed by atoms with Crippen LogP contribution in [-0.4, -0.2) is 23.8 Å². The summed E-state index contributed by atoms with van der Waals surface area (Å²) in [7, 11) is 0. The van der Waals surface area contributed by atoms with Gasteiger partial charge in [0.25, 0.3) is 0 Å². The van der Waals surface area contributed by atoms with Crippen LogP contribution in [0, 0.1) is 11.6 Å². The van der Waals surface area contributed by atoms with E-state index in [4.69, 9.17) is 9.47 Å². The number of esters is 1. The van der Waals surface area contributed by atoms with Crippen LogP contribution in [0.2, 0.25) is 0 Å². The number of hydrogen-bond donors (Lipinski definition) is 1. The molecule has 0 aliphatic rings. The Kier molecular flexibility index (Phi) is 7.45. The Bertz CT molecular complexity index is 1000. The van der Waals surface area contributed by atoms with E-state index < -0.39 is 17.4 Å². The molecule has 6 nitrogen and oxygen atoms in total. The van der Waals surface area contributed by atoms with E-state index in [1.807, 2.05) is 0 Å². The monoisotopic (exact) mass is 431 g/mol. The number of aromatic nitrogens is 1. The first-order valence-electron chi connectivity index (χ1n) is 9.10. The van der Waals surface area contributed by atoms with Crippen molar-refractivity contribution in [2.45, 2.75) is 20.0 Å². The average Bonchev–Trinajstić information content (AvgIpc) is 3.16. The van der Waals surface area contributed by atoms with Crippen molar-refractivity contribution in [1.29, 1.82) is 0 Å². The quantitative estimate of drug-likeness (QED) is 0.306. The van der Waals surface area contributed by atoms with E-state index in [1.165, 1.54) is 17.4 Å². The highest BCUT2D eigenvalue weighted by Crippen LogP contribution is 2.22. The van der Waals surface area contributed by atoms with Crippen molar-refractivity contribution in [3.05, 3.63) is 76.3 Å². The van der Waals surface area contributed by atoms with E-state index in [9.17, 15) is 13.6 Å². The molecule has 0 saturated heterocycles. The molecule has 0 fully saturated rings. The first-order valence-corrected chi connectivity index (χ1v) is 9.98. The minimum absolute atomic E-state index is 0.0376. The molecule has 0 aliphatic carbocycles. The largest absolute Gasteiger partial charge is 0.483 e. The molecule has 3 rings (SSSR count). The summed E-state index contributed by atoms with van der Waals surface area (Å²) in [5, 5.41) is 6.44. The normalized spacial score (nSPS) is 10.9. The molecule has 30 heavy (non-hydrogen) atoms. The van der Waals surface area contributed by atoms with Gasteiger partial charge in [-0.3, -0.25) is 10.2 Å². The number of nitrogens with zero attached hydrogens (tertiary/aromatic N) is 2. The molecule has 156 valence electrons. The number of ether oxygens (including phenoxy) is 2. The third kappa shape index (κ3) is 6.08. The number of anilines is 1. The van der Waals surface area contributed by atoms with Gasteiger partial charge >= 0.3 is 5.97 Å². The number of para-hydroxylation sites is 1. The smallest absolute Gasteiger partial charge is 0.311 e. The van der Waals surface area contributed by atoms with Crippen LogP contribution in [0.1, 0.15) is 23.7 Å². The van der Waals surface area contributed by atoms with E-state index in [1.54, 1.807) is 42.8 Å². The van der Waals surface area contributed by atoms with Crippen LogP contribution in [0.3, 0.4) is 0 Å². The van der Waals surface area contributed by atoms with Gasteiger partial charge in [0.1, 0.15) is 6.61 Å². The zero-order valence-corrected chi connectivity index (χ0v) is 16.9. The van der Waals surface area contributed by atoms with Gasteiger partial charge in [-0.05, 0) is 30.2 Å². The number of halogens is 2. The number of nitrogens with one attached hydrogen (secondary N) is 1. The summed E-state index contributed by atoms with van der Waals surface area (Å²) in [6.07, 6.45) is 1.73. The number of carbonyl (C=O) groups is 1. The molecule has 0 spiro atoms. The van der Waals surface area contributed by atoms with E-state index >= 15 is 0 Å². The maximum Gasteiger partial charge on any atom is 0.311 e. The van der Waals surface area contributed by atoms with Crippen molar-refractivity contribution < 1.29 is 23.0 Å². The molecule has 1 aromatic heterocycles. The van der Waals surface area contributed by atoms with Crippen LogP contribution in [-0.2, 0) is 22.6 Å². The third-order valence-corrected chi connectivity index (χ3v) is 4.63. The van der Waals surface area contributed by atoms with Gasteiger partial charge in [-0.1, -0.05) is 30.3 Å². The highest BCUT2D eigenvalue weighted by atomic mass is 32.1. The molecular weight excluding hydrogens is 412 g/mol. The zero-order chi connectivity index (χ0) is 21.3. The molecular formula is C21H19F2N3O3S. The molecule has 3 aromatic rings. The van der Waals surface area contributed by atoms with Crippen LogP contribution in [0.25, 0.3) is 0 Å². The van der Waals surface area contributed by atoms with Crippen LogP contribution in [0.4, 0.5) is 13.9 Å². The van der Waals surface area contributed by atoms with Gasteiger partial charge in [0.2, 0.25) is 5.13 Å². The first kappa shape index (κ1) is 21.4. The van der Waals surface area contributed by atoms with Gasteiger partial charge in [0.15, 0.2) is 17.4 Å². The second-order valence-electron chi connectivity index (χ2n) is 6.08. The molecule has 1 N–H and O–H groups in total. The van der Waals surface area contributed by atoms with Crippen molar-refractivity contribution in [2.24, 2.45) is 5.10 Å². The fourth-order valence-electron chi connectivity index (χ4n) is 2.44. The minimum atomic E-state index is -0.738. The summed E-state index contributed by atoms with van der Waals surface area (Å²) >= 11 is 1.33. The Morgan fingerprint density at radius 3 is 2.63 bits per heavy atom. The third-order valence-electron chi connectivity index (χ3n) is 3.84. The molecule has 0 radical (unpaired) electrons. The Balaban J connectivity index is 1.50. The van der Waals surface area contributed by atoms with Gasteiger partial charge in [-0.15, -0.1) is 11.3 Å². The maximum atomic E-state index is 13.6. The lowest BCUT2D eigenvalue weighted by Crippen LogP contribution is -2.07. The maximum absolute atomic E-state index is 13.6. The number of thiazole rings is 1. The number of carbonyl (C=O) groups excluding carboxylic acids is 1. The molecule has 9 heteroatoms. The average molecular weight is 431 g/mol. The first-order chi connectivity index (χ1) is 14.5. The topological polar surface area (TPSA) is 72.8 Å². The molecule has 0 amide bonds. The molecule has 0 atom stereocenters. The highest BCUT2D eigenvalue weighted by molar-refractivity contribution is 7.13. The summed E-state index contributed by atoms with van der Waals surface area (Å²) in [4.78, 5) is 15.7. The van der Waals surface area contributed by atoms with Crippen molar-refractivity contribution >= 4 is 28.7 Å². The van der Waals surface area contributed by atoms with Crippen LogP contribution in [0.15, 0.2) is 52.9 Å². The highest BCUT2D eigenvalue weighted by Gasteiger charge is 2.10. The number of hydrazone groups is 1. The van der Waals surface area contributed by atoms with E-state index in [0.29, 0.717) is 17.4 Å². The van der Waals surface area contributed by atoms with Crippen molar-refractivity contribution in [2.75, 3.05) is 12.0 Å². The van der Waals surface area contributed by atoms with Crippen LogP contribution in [0.5, 0.6) is 5.75 Å². The molecule has 0 unspecified atom stereocenters. The predicted octanol–water partition coefficient (Wildman–Crippen LogP) is 4.55. The number of hydrogen-bond acceptors (Lipinski definition) is 7. The lowest BCUT2D eigenvalue weighted by molar-refractivity contribution is -0.142. The fraction of sp³-hybridized carbons (Fsp3) is 0.190. The Hall–Kier alpha value is -3.33. The SMILES string of the molecule is CCOC(=O)Cc1csc(NN=Cc2ccc(COc3c(F)cccc3F)cc2)n1. The summed E-state index contributed by atoms with van der Waals surface area (Å²) in [6, 6.07) is 10.7. The van der Waals surface area contributed by atoms with Gasteiger partial charge in [0, 0.05) is 5.38 Å². The molecule has 2 aromatic carbocycles. The fourth-order valence-corrected chi connectivity index (χ4v) is 3.10. The van der Waals surface area contributed by atoms with E-state index in [0.717, 1.165) is 23.3 Å². The lowest BCUT2D eigenvalue weighted by Gasteiger charge is -2.08. The molecule has 0 aliphatic heterocycles. The Labute approximate surface area is 176 Å². The Morgan fingerprint density at radius 1 is 1.20 bits per heavy atom. The predicted molar refractivity (Wildman–Crippen MR) is 111 cm³/mol. The molecule has 0 saturated carbocycles.